The maximum Gasteiger partial charge on any atom is 0.311 e. The summed E-state index contributed by atoms with van der Waals surface area (Å²) < 4.78 is 37.5. The Hall–Kier alpha value is -1.26. The highest BCUT2D eigenvalue weighted by Gasteiger charge is 2.51. The highest BCUT2D eigenvalue weighted by Crippen LogP contribution is 2.39. The number of ether oxygens (including phenoxy) is 6. The SMILES string of the molecule is CC[C@H]1OC(=O)[C@H](C)[C@@H](O[C@H]2C[C@@](C)(OC)C(=O)[C@H](C)O2)[C@H](C)[C@@H](O[C@H]2C[C@@H](N(C)C)C[C@@H](C)O2)[C@](C)(O)C[C@@H](C)CN[C@H](C)[C@@H](O)[C@]1(C)O. The monoisotopic (exact) mass is 716 g/mol. The summed E-state index contributed by atoms with van der Waals surface area (Å²) in [6, 6.07) is -0.360. The molecule has 0 aromatic rings. The van der Waals surface area contributed by atoms with Crippen molar-refractivity contribution < 1.29 is 53.3 Å². The first-order valence-electron chi connectivity index (χ1n) is 18.5. The third kappa shape index (κ3) is 10.0. The van der Waals surface area contributed by atoms with Crippen LogP contribution in [0.1, 0.15) is 101 Å². The van der Waals surface area contributed by atoms with Gasteiger partial charge in [-0.15, -0.1) is 0 Å². The number of aliphatic hydroxyl groups excluding tert-OH is 1. The molecule has 0 spiro atoms. The summed E-state index contributed by atoms with van der Waals surface area (Å²) in [6.45, 7) is 18.1. The largest absolute Gasteiger partial charge is 0.459 e. The quantitative estimate of drug-likeness (QED) is 0.285. The van der Waals surface area contributed by atoms with Crippen LogP contribution in [0.2, 0.25) is 0 Å². The normalized spacial score (nSPS) is 47.7. The van der Waals surface area contributed by atoms with Crippen molar-refractivity contribution in [1.29, 1.82) is 0 Å². The Bertz CT molecular complexity index is 1120. The molecule has 16 atom stereocenters. The zero-order valence-electron chi connectivity index (χ0n) is 32.8. The van der Waals surface area contributed by atoms with E-state index in [1.54, 1.807) is 41.5 Å². The van der Waals surface area contributed by atoms with Gasteiger partial charge >= 0.3 is 5.97 Å². The Balaban J connectivity index is 2.12. The molecular weight excluding hydrogens is 648 g/mol. The van der Waals surface area contributed by atoms with Gasteiger partial charge in [-0.3, -0.25) is 9.59 Å². The van der Waals surface area contributed by atoms with Crippen molar-refractivity contribution >= 4 is 11.8 Å². The van der Waals surface area contributed by atoms with Gasteiger partial charge in [0.05, 0.1) is 29.8 Å². The van der Waals surface area contributed by atoms with E-state index >= 15 is 0 Å². The highest BCUT2D eigenvalue weighted by atomic mass is 16.7. The molecule has 3 saturated heterocycles. The number of cyclic esters (lactones) is 1. The molecule has 13 heteroatoms. The molecule has 292 valence electrons. The lowest BCUT2D eigenvalue weighted by Crippen LogP contribution is -2.59. The van der Waals surface area contributed by atoms with Crippen LogP contribution in [0.3, 0.4) is 0 Å². The number of carbonyl (C=O) groups is 2. The summed E-state index contributed by atoms with van der Waals surface area (Å²) >= 11 is 0. The Morgan fingerprint density at radius 2 is 1.58 bits per heavy atom. The minimum atomic E-state index is -1.78. The molecule has 0 radical (unpaired) electrons. The van der Waals surface area contributed by atoms with E-state index < -0.39 is 83.7 Å². The van der Waals surface area contributed by atoms with Crippen molar-refractivity contribution in [1.82, 2.24) is 10.2 Å². The van der Waals surface area contributed by atoms with Crippen LogP contribution in [0.15, 0.2) is 0 Å². The molecule has 0 saturated carbocycles. The molecule has 13 nitrogen and oxygen atoms in total. The lowest BCUT2D eigenvalue weighted by atomic mass is 9.77. The molecule has 3 aliphatic heterocycles. The maximum absolute atomic E-state index is 14.1. The Kier molecular flexibility index (Phi) is 14.9. The van der Waals surface area contributed by atoms with Crippen LogP contribution >= 0.6 is 0 Å². The number of esters is 1. The van der Waals surface area contributed by atoms with Crippen molar-refractivity contribution in [2.45, 2.75) is 179 Å². The number of hydrogen-bond acceptors (Lipinski definition) is 13. The van der Waals surface area contributed by atoms with Gasteiger partial charge in [-0.1, -0.05) is 20.8 Å². The van der Waals surface area contributed by atoms with Gasteiger partial charge in [0.2, 0.25) is 0 Å². The summed E-state index contributed by atoms with van der Waals surface area (Å²) in [7, 11) is 5.52. The standard InChI is InChI=1S/C37H68N2O11/c1-14-27-37(10,44)31(40)24(6)38-19-20(2)17-35(8,43)33(50-28-16-26(39(11)12)15-21(3)46-28)22(4)30(23(5)34(42)48-27)49-29-18-36(9,45-13)32(41)25(7)47-29/h20-31,33,38,40,43-44H,14-19H2,1-13H3/t20-,21-,22+,23-,24-,25+,26+,27-,28+,29+,30+,31-,33-,35-,36-,37-/m1/s1. The molecule has 3 rings (SSSR count). The Morgan fingerprint density at radius 1 is 0.940 bits per heavy atom. The van der Waals surface area contributed by atoms with E-state index in [1.165, 1.54) is 14.0 Å². The topological polar surface area (TPSA) is 165 Å². The number of ketones is 1. The van der Waals surface area contributed by atoms with Gasteiger partial charge in [0, 0.05) is 38.0 Å². The van der Waals surface area contributed by atoms with Crippen LogP contribution in [-0.4, -0.2) is 138 Å². The number of hydrogen-bond donors (Lipinski definition) is 4. The fourth-order valence-corrected chi connectivity index (χ4v) is 8.16. The van der Waals surface area contributed by atoms with Crippen LogP contribution in [0.5, 0.6) is 0 Å². The maximum atomic E-state index is 14.1. The van der Waals surface area contributed by atoms with Crippen molar-refractivity contribution in [2.24, 2.45) is 17.8 Å². The summed E-state index contributed by atoms with van der Waals surface area (Å²) in [5, 5.41) is 38.6. The zero-order valence-corrected chi connectivity index (χ0v) is 32.8. The number of carbonyl (C=O) groups excluding carboxylic acids is 2. The number of aliphatic hydroxyl groups is 3. The second-order valence-electron chi connectivity index (χ2n) is 16.3. The second-order valence-corrected chi connectivity index (χ2v) is 16.3. The molecule has 0 bridgehead atoms. The van der Waals surface area contributed by atoms with Crippen molar-refractivity contribution in [2.75, 3.05) is 27.7 Å². The predicted molar refractivity (Wildman–Crippen MR) is 187 cm³/mol. The van der Waals surface area contributed by atoms with E-state index in [0.717, 1.165) is 6.42 Å². The number of methoxy groups -OCH3 is 1. The van der Waals surface area contributed by atoms with Gasteiger partial charge in [0.25, 0.3) is 0 Å². The molecule has 50 heavy (non-hydrogen) atoms. The van der Waals surface area contributed by atoms with E-state index in [0.29, 0.717) is 19.4 Å². The minimum absolute atomic E-state index is 0.0758. The molecule has 3 aliphatic rings. The molecule has 3 heterocycles. The smallest absolute Gasteiger partial charge is 0.311 e. The fourth-order valence-electron chi connectivity index (χ4n) is 8.16. The van der Waals surface area contributed by atoms with Crippen LogP contribution in [0, 0.1) is 17.8 Å². The molecule has 0 unspecified atom stereocenters. The fraction of sp³-hybridized carbons (Fsp3) is 0.946. The zero-order chi connectivity index (χ0) is 37.9. The van der Waals surface area contributed by atoms with Crippen LogP contribution < -0.4 is 5.32 Å². The van der Waals surface area contributed by atoms with Gasteiger partial charge in [-0.25, -0.2) is 0 Å². The third-order valence-electron chi connectivity index (χ3n) is 11.4. The number of nitrogens with one attached hydrogen (secondary N) is 1. The van der Waals surface area contributed by atoms with Crippen LogP contribution in [0.4, 0.5) is 0 Å². The summed E-state index contributed by atoms with van der Waals surface area (Å²) in [6.07, 6.45) is -4.62. The molecule has 4 N–H and O–H groups in total. The summed E-state index contributed by atoms with van der Waals surface area (Å²) in [5.41, 5.74) is -4.40. The van der Waals surface area contributed by atoms with E-state index in [2.05, 4.69) is 10.2 Å². The third-order valence-corrected chi connectivity index (χ3v) is 11.4. The number of Topliss-reactive ketones (excluding diaryl/α,β-unsaturated/α-hetero) is 1. The van der Waals surface area contributed by atoms with E-state index in [4.69, 9.17) is 28.4 Å². The number of nitrogens with zero attached hydrogens (tertiary/aromatic N) is 1. The molecule has 0 aliphatic carbocycles. The highest BCUT2D eigenvalue weighted by molar-refractivity contribution is 5.91. The molecule has 0 aromatic carbocycles. The van der Waals surface area contributed by atoms with Gasteiger partial charge in [-0.05, 0) is 94.3 Å². The van der Waals surface area contributed by atoms with Crippen molar-refractivity contribution in [3.63, 3.8) is 0 Å². The number of rotatable bonds is 7. The average molecular weight is 717 g/mol. The Morgan fingerprint density at radius 3 is 2.16 bits per heavy atom. The summed E-state index contributed by atoms with van der Waals surface area (Å²) in [5.74, 6) is -2.58. The molecule has 0 amide bonds. The van der Waals surface area contributed by atoms with Gasteiger partial charge in [0.1, 0.15) is 29.5 Å². The molecule has 0 aromatic heterocycles. The lowest BCUT2D eigenvalue weighted by molar-refractivity contribution is -0.286. The van der Waals surface area contributed by atoms with Crippen LogP contribution in [-0.2, 0) is 38.0 Å². The average Bonchev–Trinajstić information content (AvgIpc) is 3.04. The van der Waals surface area contributed by atoms with Crippen molar-refractivity contribution in [3.8, 4) is 0 Å². The van der Waals surface area contributed by atoms with Crippen molar-refractivity contribution in [3.05, 3.63) is 0 Å². The molecular formula is C37H68N2O11. The van der Waals surface area contributed by atoms with Gasteiger partial charge in [-0.2, -0.15) is 0 Å². The summed E-state index contributed by atoms with van der Waals surface area (Å²) in [4.78, 5) is 29.3. The van der Waals surface area contributed by atoms with E-state index in [1.807, 2.05) is 34.9 Å². The first-order chi connectivity index (χ1) is 23.1. The van der Waals surface area contributed by atoms with Gasteiger partial charge < -0.3 is 54.0 Å². The minimum Gasteiger partial charge on any atom is -0.459 e. The van der Waals surface area contributed by atoms with Gasteiger partial charge in [0.15, 0.2) is 18.4 Å². The van der Waals surface area contributed by atoms with E-state index in [9.17, 15) is 24.9 Å². The molecule has 3 fully saturated rings. The predicted octanol–water partition coefficient (Wildman–Crippen LogP) is 2.80. The second kappa shape index (κ2) is 17.3. The van der Waals surface area contributed by atoms with Crippen LogP contribution in [0.25, 0.3) is 0 Å². The van der Waals surface area contributed by atoms with E-state index in [-0.39, 0.29) is 36.7 Å². The Labute approximate surface area is 300 Å². The first kappa shape index (κ1) is 43.1. The lowest BCUT2D eigenvalue weighted by Gasteiger charge is -2.47. The first-order valence-corrected chi connectivity index (χ1v) is 18.5.